The lowest BCUT2D eigenvalue weighted by molar-refractivity contribution is -0.129. The fourth-order valence-electron chi connectivity index (χ4n) is 4.48. The number of hydrogen-bond acceptors (Lipinski definition) is 5. The molecule has 1 aromatic heterocycles. The van der Waals surface area contributed by atoms with Crippen molar-refractivity contribution in [3.63, 3.8) is 0 Å². The maximum absolute atomic E-state index is 12.6. The number of fused-ring (bicyclic) bond motifs is 2. The second kappa shape index (κ2) is 6.82. The van der Waals surface area contributed by atoms with Crippen LogP contribution in [0.2, 0.25) is 5.15 Å². The number of likely N-dealkylation sites (tertiary alicyclic amines) is 1. The topological polar surface area (TPSA) is 64.0 Å². The summed E-state index contributed by atoms with van der Waals surface area (Å²) in [4.78, 5) is 23.0. The average Bonchev–Trinajstić information content (AvgIpc) is 3.23. The van der Waals surface area contributed by atoms with Crippen LogP contribution in [0.4, 0.5) is 0 Å². The van der Waals surface area contributed by atoms with Crippen molar-refractivity contribution in [2.24, 2.45) is 4.99 Å². The molecule has 1 saturated heterocycles. The van der Waals surface area contributed by atoms with Crippen LogP contribution in [0.25, 0.3) is 0 Å². The highest BCUT2D eigenvalue weighted by Gasteiger charge is 2.47. The molecule has 1 atom stereocenters. The smallest absolute Gasteiger partial charge is 0.296 e. The molecule has 1 unspecified atom stereocenters. The molecule has 1 spiro atoms. The highest BCUT2D eigenvalue weighted by molar-refractivity contribution is 6.29. The summed E-state index contributed by atoms with van der Waals surface area (Å²) >= 11 is 5.85. The highest BCUT2D eigenvalue weighted by Crippen LogP contribution is 2.44. The molecule has 1 amide bonds. The van der Waals surface area contributed by atoms with Gasteiger partial charge in [0.15, 0.2) is 5.60 Å². The van der Waals surface area contributed by atoms with Gasteiger partial charge < -0.3 is 14.4 Å². The number of hydrogen-bond donors (Lipinski definition) is 0. The maximum Gasteiger partial charge on any atom is 0.296 e. The van der Waals surface area contributed by atoms with Crippen molar-refractivity contribution >= 4 is 23.5 Å². The second-order valence-corrected chi connectivity index (χ2v) is 8.51. The molecule has 4 heterocycles. The molecule has 29 heavy (non-hydrogen) atoms. The third-order valence-corrected chi connectivity index (χ3v) is 6.37. The molecule has 5 rings (SSSR count). The predicted octanol–water partition coefficient (Wildman–Crippen LogP) is 3.47. The van der Waals surface area contributed by atoms with Gasteiger partial charge in [0.2, 0.25) is 0 Å². The van der Waals surface area contributed by atoms with Crippen LogP contribution in [-0.4, -0.2) is 40.5 Å². The van der Waals surface area contributed by atoms with E-state index in [2.05, 4.69) is 39.1 Å². The van der Waals surface area contributed by atoms with Gasteiger partial charge in [0.1, 0.15) is 5.15 Å². The Morgan fingerprint density at radius 2 is 1.97 bits per heavy atom. The summed E-state index contributed by atoms with van der Waals surface area (Å²) in [6.07, 6.45) is 3.76. The van der Waals surface area contributed by atoms with Crippen molar-refractivity contribution in [1.29, 1.82) is 0 Å². The van der Waals surface area contributed by atoms with E-state index >= 15 is 0 Å². The molecule has 1 aromatic carbocycles. The number of halogens is 1. The molecule has 0 saturated carbocycles. The Labute approximate surface area is 174 Å². The van der Waals surface area contributed by atoms with Gasteiger partial charge >= 0.3 is 0 Å². The van der Waals surface area contributed by atoms with Gasteiger partial charge in [0, 0.05) is 25.7 Å². The van der Waals surface area contributed by atoms with Crippen LogP contribution in [0.15, 0.2) is 47.6 Å². The SMILES string of the molecule is CC1(Cc2ccc(Cl)nc2)OC(N2CCC3(CC2)OCc2ccccc23)=NC1=O. The zero-order valence-corrected chi connectivity index (χ0v) is 17.0. The second-order valence-electron chi connectivity index (χ2n) is 8.13. The van der Waals surface area contributed by atoms with Gasteiger partial charge in [-0.1, -0.05) is 41.9 Å². The summed E-state index contributed by atoms with van der Waals surface area (Å²) in [7, 11) is 0. The molecule has 7 heteroatoms. The van der Waals surface area contributed by atoms with E-state index in [0.717, 1.165) is 31.5 Å². The average molecular weight is 412 g/mol. The Hall–Kier alpha value is -2.44. The minimum absolute atomic E-state index is 0.228. The number of benzene rings is 1. The molecule has 150 valence electrons. The number of amidine groups is 1. The third-order valence-electron chi connectivity index (χ3n) is 6.15. The Balaban J connectivity index is 1.27. The number of carbonyl (C=O) groups excluding carboxylic acids is 1. The fraction of sp³-hybridized carbons (Fsp3) is 0.409. The maximum atomic E-state index is 12.6. The van der Waals surface area contributed by atoms with Crippen molar-refractivity contribution in [1.82, 2.24) is 9.88 Å². The number of piperidine rings is 1. The summed E-state index contributed by atoms with van der Waals surface area (Å²) in [5.74, 6) is -0.259. The predicted molar refractivity (Wildman–Crippen MR) is 109 cm³/mol. The number of pyridine rings is 1. The normalized spacial score (nSPS) is 25.1. The lowest BCUT2D eigenvalue weighted by Crippen LogP contribution is -2.46. The van der Waals surface area contributed by atoms with Gasteiger partial charge in [-0.2, -0.15) is 4.99 Å². The number of aliphatic imine (C=N–C) groups is 1. The minimum atomic E-state index is -1.02. The number of nitrogens with zero attached hydrogens (tertiary/aromatic N) is 3. The lowest BCUT2D eigenvalue weighted by Gasteiger charge is -2.39. The van der Waals surface area contributed by atoms with Gasteiger partial charge in [-0.15, -0.1) is 0 Å². The first-order chi connectivity index (χ1) is 14.0. The summed E-state index contributed by atoms with van der Waals surface area (Å²) in [5, 5.41) is 0.424. The van der Waals surface area contributed by atoms with Gasteiger partial charge in [-0.05, 0) is 42.5 Å². The molecule has 3 aliphatic heterocycles. The van der Waals surface area contributed by atoms with Crippen LogP contribution in [0.1, 0.15) is 36.5 Å². The van der Waals surface area contributed by atoms with E-state index in [1.165, 1.54) is 11.1 Å². The Morgan fingerprint density at radius 3 is 2.72 bits per heavy atom. The van der Waals surface area contributed by atoms with Crippen molar-refractivity contribution in [3.05, 3.63) is 64.4 Å². The van der Waals surface area contributed by atoms with Gasteiger partial charge in [0.05, 0.1) is 12.2 Å². The molecule has 0 aliphatic carbocycles. The van der Waals surface area contributed by atoms with Crippen LogP contribution in [0.3, 0.4) is 0 Å². The highest BCUT2D eigenvalue weighted by atomic mass is 35.5. The Kier molecular flexibility index (Phi) is 4.37. The number of aromatic nitrogens is 1. The van der Waals surface area contributed by atoms with Gasteiger partial charge in [0.25, 0.3) is 11.9 Å². The Morgan fingerprint density at radius 1 is 1.17 bits per heavy atom. The van der Waals surface area contributed by atoms with Crippen LogP contribution in [-0.2, 0) is 32.9 Å². The zero-order valence-electron chi connectivity index (χ0n) is 16.2. The van der Waals surface area contributed by atoms with Crippen molar-refractivity contribution in [2.45, 2.75) is 44.0 Å². The van der Waals surface area contributed by atoms with Crippen LogP contribution in [0, 0.1) is 0 Å². The van der Waals surface area contributed by atoms with Crippen LogP contribution >= 0.6 is 11.6 Å². The van der Waals surface area contributed by atoms with Gasteiger partial charge in [-0.3, -0.25) is 4.79 Å². The summed E-state index contributed by atoms with van der Waals surface area (Å²) in [6, 6.07) is 12.4. The standard InChI is InChI=1S/C22H22ClN3O3/c1-21(12-15-6-7-18(23)24-13-15)19(27)25-20(29-21)26-10-8-22(9-11-26)17-5-3-2-4-16(17)14-28-22/h2-7,13H,8-12,14H2,1H3. The first-order valence-corrected chi connectivity index (χ1v) is 10.3. The molecule has 0 N–H and O–H groups in total. The monoisotopic (exact) mass is 411 g/mol. The summed E-state index contributed by atoms with van der Waals surface area (Å²) in [5.41, 5.74) is 2.21. The molecule has 6 nitrogen and oxygen atoms in total. The van der Waals surface area contributed by atoms with E-state index in [1.807, 2.05) is 6.07 Å². The molecular weight excluding hydrogens is 390 g/mol. The molecule has 3 aliphatic rings. The quantitative estimate of drug-likeness (QED) is 0.708. The van der Waals surface area contributed by atoms with Gasteiger partial charge in [-0.25, -0.2) is 4.98 Å². The van der Waals surface area contributed by atoms with Crippen LogP contribution < -0.4 is 0 Å². The molecule has 2 aromatic rings. The summed E-state index contributed by atoms with van der Waals surface area (Å²) in [6.45, 7) is 3.92. The third kappa shape index (κ3) is 3.20. The van der Waals surface area contributed by atoms with Crippen LogP contribution in [0.5, 0.6) is 0 Å². The molecule has 1 fully saturated rings. The number of rotatable bonds is 2. The van der Waals surface area contributed by atoms with E-state index in [4.69, 9.17) is 21.1 Å². The number of amides is 1. The van der Waals surface area contributed by atoms with E-state index in [0.29, 0.717) is 24.2 Å². The largest absolute Gasteiger partial charge is 0.448 e. The van der Waals surface area contributed by atoms with Crippen molar-refractivity contribution in [3.8, 4) is 0 Å². The van der Waals surface area contributed by atoms with E-state index < -0.39 is 5.60 Å². The summed E-state index contributed by atoms with van der Waals surface area (Å²) < 4.78 is 12.3. The minimum Gasteiger partial charge on any atom is -0.448 e. The van der Waals surface area contributed by atoms with Crippen molar-refractivity contribution in [2.75, 3.05) is 13.1 Å². The van der Waals surface area contributed by atoms with E-state index in [9.17, 15) is 4.79 Å². The fourth-order valence-corrected chi connectivity index (χ4v) is 4.59. The Bertz CT molecular complexity index is 983. The van der Waals surface area contributed by atoms with Crippen molar-refractivity contribution < 1.29 is 14.3 Å². The first-order valence-electron chi connectivity index (χ1n) is 9.87. The molecule has 0 radical (unpaired) electrons. The molecular formula is C22H22ClN3O3. The number of carbonyl (C=O) groups is 1. The van der Waals surface area contributed by atoms with E-state index in [-0.39, 0.29) is 11.5 Å². The van der Waals surface area contributed by atoms with E-state index in [1.54, 1.807) is 19.2 Å². The molecule has 0 bridgehead atoms. The number of ether oxygens (including phenoxy) is 2. The first kappa shape index (κ1) is 18.6. The lowest BCUT2D eigenvalue weighted by atomic mass is 9.84. The zero-order chi connectivity index (χ0) is 20.1.